The van der Waals surface area contributed by atoms with Crippen LogP contribution >= 0.6 is 0 Å². The van der Waals surface area contributed by atoms with Crippen LogP contribution in [-0.2, 0) is 25.5 Å². The van der Waals surface area contributed by atoms with Crippen LogP contribution < -0.4 is 0 Å². The molecule has 1 aliphatic heterocycles. The normalized spacial score (nSPS) is 19.5. The van der Waals surface area contributed by atoms with Crippen molar-refractivity contribution in [3.05, 3.63) is 35.9 Å². The predicted octanol–water partition coefficient (Wildman–Crippen LogP) is 2.29. The van der Waals surface area contributed by atoms with Gasteiger partial charge in [0.05, 0.1) is 13.2 Å². The average molecular weight is 306 g/mol. The standard InChI is InChI=1S/C17H22O5/c1-12(10-13-6-4-3-5-7-13)15(18)14(16(19)20)11-17(2)21-8-9-22-17/h3-7,12,14H,8-11H2,1-2H3,(H,19,20). The Labute approximate surface area is 130 Å². The van der Waals surface area contributed by atoms with Gasteiger partial charge in [0, 0.05) is 12.3 Å². The highest BCUT2D eigenvalue weighted by molar-refractivity contribution is 5.99. The number of carbonyl (C=O) groups excluding carboxylic acids is 1. The van der Waals surface area contributed by atoms with Gasteiger partial charge in [-0.2, -0.15) is 0 Å². The van der Waals surface area contributed by atoms with Crippen molar-refractivity contribution in [2.45, 2.75) is 32.5 Å². The van der Waals surface area contributed by atoms with Crippen molar-refractivity contribution in [1.29, 1.82) is 0 Å². The van der Waals surface area contributed by atoms with Crippen molar-refractivity contribution in [3.8, 4) is 0 Å². The number of hydrogen-bond donors (Lipinski definition) is 1. The average Bonchev–Trinajstić information content (AvgIpc) is 2.92. The lowest BCUT2D eigenvalue weighted by Gasteiger charge is -2.26. The lowest BCUT2D eigenvalue weighted by atomic mass is 9.85. The summed E-state index contributed by atoms with van der Waals surface area (Å²) in [6, 6.07) is 9.59. The molecule has 2 unspecified atom stereocenters. The SMILES string of the molecule is CC(Cc1ccccc1)C(=O)C(CC1(C)OCCO1)C(=O)O. The summed E-state index contributed by atoms with van der Waals surface area (Å²) < 4.78 is 10.9. The number of Topliss-reactive ketones (excluding diaryl/α,β-unsaturated/α-hetero) is 1. The van der Waals surface area contributed by atoms with Gasteiger partial charge in [-0.3, -0.25) is 9.59 Å². The van der Waals surface area contributed by atoms with Crippen LogP contribution in [0.25, 0.3) is 0 Å². The van der Waals surface area contributed by atoms with Gasteiger partial charge in [-0.15, -0.1) is 0 Å². The first-order valence-corrected chi connectivity index (χ1v) is 7.50. The van der Waals surface area contributed by atoms with Crippen LogP contribution in [0.1, 0.15) is 25.8 Å². The fraction of sp³-hybridized carbons (Fsp3) is 0.529. The molecule has 1 fully saturated rings. The van der Waals surface area contributed by atoms with E-state index in [1.54, 1.807) is 13.8 Å². The minimum Gasteiger partial charge on any atom is -0.481 e. The predicted molar refractivity (Wildman–Crippen MR) is 80.4 cm³/mol. The Morgan fingerprint density at radius 2 is 1.82 bits per heavy atom. The molecule has 0 bridgehead atoms. The van der Waals surface area contributed by atoms with Crippen LogP contribution in [0.2, 0.25) is 0 Å². The van der Waals surface area contributed by atoms with Crippen molar-refractivity contribution in [3.63, 3.8) is 0 Å². The van der Waals surface area contributed by atoms with E-state index in [0.717, 1.165) is 5.56 Å². The Morgan fingerprint density at radius 1 is 1.23 bits per heavy atom. The van der Waals surface area contributed by atoms with Gasteiger partial charge in [0.15, 0.2) is 5.79 Å². The summed E-state index contributed by atoms with van der Waals surface area (Å²) in [4.78, 5) is 24.0. The summed E-state index contributed by atoms with van der Waals surface area (Å²) >= 11 is 0. The molecule has 0 aromatic heterocycles. The van der Waals surface area contributed by atoms with Crippen LogP contribution in [0, 0.1) is 11.8 Å². The fourth-order valence-electron chi connectivity index (χ4n) is 2.77. The first-order valence-electron chi connectivity index (χ1n) is 7.50. The summed E-state index contributed by atoms with van der Waals surface area (Å²) in [6.45, 7) is 4.31. The first-order chi connectivity index (χ1) is 10.4. The van der Waals surface area contributed by atoms with E-state index in [9.17, 15) is 14.7 Å². The second-order valence-electron chi connectivity index (χ2n) is 5.92. The minimum atomic E-state index is -1.12. The van der Waals surface area contributed by atoms with Crippen LogP contribution in [0.4, 0.5) is 0 Å². The van der Waals surface area contributed by atoms with Gasteiger partial charge in [-0.25, -0.2) is 0 Å². The summed E-state index contributed by atoms with van der Waals surface area (Å²) in [6.07, 6.45) is 0.572. The molecular formula is C17H22O5. The quantitative estimate of drug-likeness (QED) is 0.782. The third-order valence-electron chi connectivity index (χ3n) is 3.98. The molecule has 1 aromatic carbocycles. The number of hydrogen-bond acceptors (Lipinski definition) is 4. The smallest absolute Gasteiger partial charge is 0.314 e. The number of carboxylic acids is 1. The van der Waals surface area contributed by atoms with Gasteiger partial charge in [0.25, 0.3) is 0 Å². The van der Waals surface area contributed by atoms with E-state index in [1.807, 2.05) is 30.3 Å². The molecule has 1 N–H and O–H groups in total. The number of ketones is 1. The minimum absolute atomic E-state index is 0.0420. The molecule has 1 heterocycles. The summed E-state index contributed by atoms with van der Waals surface area (Å²) in [5.74, 6) is -3.86. The Balaban J connectivity index is 2.04. The maximum absolute atomic E-state index is 12.5. The van der Waals surface area contributed by atoms with Crippen LogP contribution in [0.15, 0.2) is 30.3 Å². The monoisotopic (exact) mass is 306 g/mol. The van der Waals surface area contributed by atoms with Crippen LogP contribution in [0.5, 0.6) is 0 Å². The molecule has 5 heteroatoms. The number of aliphatic carboxylic acids is 1. The molecule has 2 rings (SSSR count). The highest BCUT2D eigenvalue weighted by Crippen LogP contribution is 2.29. The van der Waals surface area contributed by atoms with E-state index in [4.69, 9.17) is 9.47 Å². The maximum Gasteiger partial charge on any atom is 0.314 e. The summed E-state index contributed by atoms with van der Waals surface area (Å²) in [5, 5.41) is 9.40. The van der Waals surface area contributed by atoms with E-state index < -0.39 is 17.7 Å². The molecule has 0 amide bonds. The van der Waals surface area contributed by atoms with Gasteiger partial charge >= 0.3 is 5.97 Å². The first kappa shape index (κ1) is 16.6. The molecule has 0 radical (unpaired) electrons. The summed E-state index contributed by atoms with van der Waals surface area (Å²) in [7, 11) is 0. The van der Waals surface area contributed by atoms with Crippen molar-refractivity contribution < 1.29 is 24.2 Å². The number of carbonyl (C=O) groups is 2. The molecular weight excluding hydrogens is 284 g/mol. The maximum atomic E-state index is 12.5. The molecule has 0 saturated carbocycles. The van der Waals surface area contributed by atoms with Gasteiger partial charge in [-0.05, 0) is 18.9 Å². The Hall–Kier alpha value is -1.72. The topological polar surface area (TPSA) is 72.8 Å². The second-order valence-corrected chi connectivity index (χ2v) is 5.92. The number of carboxylic acid groups (broad SMARTS) is 1. The van der Waals surface area contributed by atoms with Crippen molar-refractivity contribution in [2.24, 2.45) is 11.8 Å². The van der Waals surface area contributed by atoms with E-state index in [-0.39, 0.29) is 18.1 Å². The molecule has 0 aliphatic carbocycles. The third kappa shape index (κ3) is 4.15. The zero-order valence-electron chi connectivity index (χ0n) is 13.0. The van der Waals surface area contributed by atoms with E-state index in [1.165, 1.54) is 0 Å². The highest BCUT2D eigenvalue weighted by atomic mass is 16.7. The number of ether oxygens (including phenoxy) is 2. The highest BCUT2D eigenvalue weighted by Gasteiger charge is 2.40. The molecule has 1 saturated heterocycles. The molecule has 1 aromatic rings. The number of benzene rings is 1. The lowest BCUT2D eigenvalue weighted by molar-refractivity contribution is -0.172. The second kappa shape index (κ2) is 7.03. The molecule has 5 nitrogen and oxygen atoms in total. The van der Waals surface area contributed by atoms with Gasteiger partial charge in [0.2, 0.25) is 0 Å². The molecule has 0 spiro atoms. The van der Waals surface area contributed by atoms with Crippen LogP contribution in [-0.4, -0.2) is 35.9 Å². The fourth-order valence-corrected chi connectivity index (χ4v) is 2.77. The van der Waals surface area contributed by atoms with Gasteiger partial charge < -0.3 is 14.6 Å². The Bertz CT molecular complexity index is 519. The largest absolute Gasteiger partial charge is 0.481 e. The van der Waals surface area contributed by atoms with E-state index >= 15 is 0 Å². The van der Waals surface area contributed by atoms with Gasteiger partial charge in [0.1, 0.15) is 11.7 Å². The van der Waals surface area contributed by atoms with E-state index in [2.05, 4.69) is 0 Å². The zero-order valence-corrected chi connectivity index (χ0v) is 13.0. The van der Waals surface area contributed by atoms with Crippen molar-refractivity contribution >= 4 is 11.8 Å². The van der Waals surface area contributed by atoms with Crippen molar-refractivity contribution in [2.75, 3.05) is 13.2 Å². The van der Waals surface area contributed by atoms with Crippen molar-refractivity contribution in [1.82, 2.24) is 0 Å². The lowest BCUT2D eigenvalue weighted by Crippen LogP contribution is -2.38. The third-order valence-corrected chi connectivity index (χ3v) is 3.98. The summed E-state index contributed by atoms with van der Waals surface area (Å²) in [5.41, 5.74) is 1.02. The number of rotatable bonds is 7. The molecule has 2 atom stereocenters. The molecule has 22 heavy (non-hydrogen) atoms. The molecule has 120 valence electrons. The zero-order chi connectivity index (χ0) is 16.2. The molecule has 1 aliphatic rings. The Morgan fingerprint density at radius 3 is 2.36 bits per heavy atom. The Kier molecular flexibility index (Phi) is 5.32. The van der Waals surface area contributed by atoms with Gasteiger partial charge in [-0.1, -0.05) is 37.3 Å². The van der Waals surface area contributed by atoms with E-state index in [0.29, 0.717) is 19.6 Å². The van der Waals surface area contributed by atoms with Crippen LogP contribution in [0.3, 0.4) is 0 Å².